The Labute approximate surface area is 348 Å². The first-order chi connectivity index (χ1) is 27.2. The maximum absolute atomic E-state index is 12.8. The zero-order valence-corrected chi connectivity index (χ0v) is 38.3. The van der Waals surface area contributed by atoms with Gasteiger partial charge in [-0.1, -0.05) is 234 Å². The minimum atomic E-state index is -0.761. The summed E-state index contributed by atoms with van der Waals surface area (Å²) in [4.78, 5) is 37.8. The van der Waals surface area contributed by atoms with Gasteiger partial charge in [0.2, 0.25) is 0 Å². The first-order valence-corrected chi connectivity index (χ1v) is 24.7. The van der Waals surface area contributed by atoms with Crippen molar-refractivity contribution in [2.24, 2.45) is 11.8 Å². The first-order valence-electron chi connectivity index (χ1n) is 24.7. The summed E-state index contributed by atoms with van der Waals surface area (Å²) in [5.41, 5.74) is 0. The van der Waals surface area contributed by atoms with Gasteiger partial charge in [-0.3, -0.25) is 14.4 Å². The van der Waals surface area contributed by atoms with E-state index in [4.69, 9.17) is 14.2 Å². The van der Waals surface area contributed by atoms with Crippen molar-refractivity contribution in [2.45, 2.75) is 278 Å². The largest absolute Gasteiger partial charge is 0.462 e. The van der Waals surface area contributed by atoms with Gasteiger partial charge in [0, 0.05) is 19.3 Å². The minimum Gasteiger partial charge on any atom is -0.462 e. The molecule has 0 aromatic rings. The number of unbranched alkanes of at least 4 members (excludes halogenated alkanes) is 29. The minimum absolute atomic E-state index is 0.0650. The quantitative estimate of drug-likeness (QED) is 0.0347. The van der Waals surface area contributed by atoms with Crippen LogP contribution in [0.5, 0.6) is 0 Å². The van der Waals surface area contributed by atoms with E-state index in [1.807, 2.05) is 0 Å². The molecular formula is C50H96O6. The van der Waals surface area contributed by atoms with Crippen molar-refractivity contribution in [3.63, 3.8) is 0 Å². The molecule has 0 aromatic carbocycles. The van der Waals surface area contributed by atoms with Crippen LogP contribution in [0.3, 0.4) is 0 Å². The van der Waals surface area contributed by atoms with Crippen LogP contribution in [0.25, 0.3) is 0 Å². The average Bonchev–Trinajstić information content (AvgIpc) is 3.16. The summed E-state index contributed by atoms with van der Waals surface area (Å²) < 4.78 is 16.8. The Morgan fingerprint density at radius 1 is 0.339 bits per heavy atom. The number of hydrogen-bond donors (Lipinski definition) is 0. The molecule has 0 unspecified atom stereocenters. The van der Waals surface area contributed by atoms with Crippen LogP contribution in [-0.2, 0) is 28.6 Å². The monoisotopic (exact) mass is 793 g/mol. The zero-order valence-electron chi connectivity index (χ0n) is 38.3. The van der Waals surface area contributed by atoms with Gasteiger partial charge in [0.05, 0.1) is 0 Å². The molecule has 56 heavy (non-hydrogen) atoms. The number of carbonyl (C=O) groups excluding carboxylic acids is 3. The van der Waals surface area contributed by atoms with E-state index in [9.17, 15) is 14.4 Å². The molecule has 332 valence electrons. The summed E-state index contributed by atoms with van der Waals surface area (Å²) in [6.45, 7) is 11.3. The van der Waals surface area contributed by atoms with Gasteiger partial charge in [-0.2, -0.15) is 0 Å². The highest BCUT2D eigenvalue weighted by Crippen LogP contribution is 2.17. The third kappa shape index (κ3) is 43.5. The second-order valence-electron chi connectivity index (χ2n) is 18.1. The predicted molar refractivity (Wildman–Crippen MR) is 238 cm³/mol. The van der Waals surface area contributed by atoms with Gasteiger partial charge in [-0.15, -0.1) is 0 Å². The van der Waals surface area contributed by atoms with E-state index in [0.717, 1.165) is 69.6 Å². The summed E-state index contributed by atoms with van der Waals surface area (Å²) in [6.07, 6.45) is 42.4. The van der Waals surface area contributed by atoms with E-state index in [-0.39, 0.29) is 31.1 Å². The van der Waals surface area contributed by atoms with Gasteiger partial charge in [-0.25, -0.2) is 0 Å². The highest BCUT2D eigenvalue weighted by molar-refractivity contribution is 5.71. The molecule has 0 amide bonds. The predicted octanol–water partition coefficient (Wildman–Crippen LogP) is 15.8. The Balaban J connectivity index is 4.30. The van der Waals surface area contributed by atoms with Crippen molar-refractivity contribution < 1.29 is 28.6 Å². The van der Waals surface area contributed by atoms with Crippen molar-refractivity contribution in [1.82, 2.24) is 0 Å². The Morgan fingerprint density at radius 2 is 0.589 bits per heavy atom. The fourth-order valence-corrected chi connectivity index (χ4v) is 7.46. The molecule has 0 heterocycles. The number of carbonyl (C=O) groups is 3. The third-order valence-corrected chi connectivity index (χ3v) is 11.2. The number of ether oxygens (including phenoxy) is 3. The van der Waals surface area contributed by atoms with Gasteiger partial charge in [0.1, 0.15) is 13.2 Å². The summed E-state index contributed by atoms with van der Waals surface area (Å²) in [7, 11) is 0. The lowest BCUT2D eigenvalue weighted by Gasteiger charge is -2.18. The summed E-state index contributed by atoms with van der Waals surface area (Å²) in [5, 5.41) is 0. The molecule has 0 rings (SSSR count). The molecule has 1 atom stereocenters. The van der Waals surface area contributed by atoms with E-state index >= 15 is 0 Å². The lowest BCUT2D eigenvalue weighted by atomic mass is 10.0. The van der Waals surface area contributed by atoms with E-state index in [1.54, 1.807) is 0 Å². The molecule has 0 aromatic heterocycles. The van der Waals surface area contributed by atoms with Crippen LogP contribution in [0.15, 0.2) is 0 Å². The summed E-state index contributed by atoms with van der Waals surface area (Å²) in [5.74, 6) is 0.735. The number of hydrogen-bond acceptors (Lipinski definition) is 6. The van der Waals surface area contributed by atoms with Crippen molar-refractivity contribution in [3.05, 3.63) is 0 Å². The fraction of sp³-hybridized carbons (Fsp3) is 0.940. The van der Waals surface area contributed by atoms with E-state index in [2.05, 4.69) is 34.6 Å². The summed E-state index contributed by atoms with van der Waals surface area (Å²) >= 11 is 0. The average molecular weight is 793 g/mol. The molecule has 6 heteroatoms. The Bertz CT molecular complexity index is 854. The van der Waals surface area contributed by atoms with Gasteiger partial charge >= 0.3 is 17.9 Å². The van der Waals surface area contributed by atoms with Crippen LogP contribution in [0.2, 0.25) is 0 Å². The first kappa shape index (κ1) is 54.4. The molecule has 0 bridgehead atoms. The molecule has 0 fully saturated rings. The Kier molecular flexibility index (Phi) is 41.8. The molecule has 0 aliphatic carbocycles. The van der Waals surface area contributed by atoms with Crippen LogP contribution in [0.1, 0.15) is 272 Å². The van der Waals surface area contributed by atoms with Crippen molar-refractivity contribution >= 4 is 17.9 Å². The lowest BCUT2D eigenvalue weighted by Crippen LogP contribution is -2.30. The van der Waals surface area contributed by atoms with Crippen LogP contribution in [-0.4, -0.2) is 37.2 Å². The van der Waals surface area contributed by atoms with Crippen molar-refractivity contribution in [2.75, 3.05) is 13.2 Å². The van der Waals surface area contributed by atoms with E-state index in [1.165, 1.54) is 161 Å². The Hall–Kier alpha value is -1.59. The SMILES string of the molecule is CCCCCCCCCCCCCCCCCCC(=O)O[C@@H](COC(=O)CCCCCCCCCCCC(C)C)COC(=O)CCCCCCCCCC(C)C. The van der Waals surface area contributed by atoms with Crippen molar-refractivity contribution in [3.8, 4) is 0 Å². The second kappa shape index (κ2) is 43.0. The molecule has 0 saturated carbocycles. The third-order valence-electron chi connectivity index (χ3n) is 11.2. The van der Waals surface area contributed by atoms with Crippen molar-refractivity contribution in [1.29, 1.82) is 0 Å². The molecule has 0 saturated heterocycles. The molecule has 0 aliphatic heterocycles. The maximum Gasteiger partial charge on any atom is 0.306 e. The van der Waals surface area contributed by atoms with E-state index in [0.29, 0.717) is 19.3 Å². The van der Waals surface area contributed by atoms with Gasteiger partial charge in [0.15, 0.2) is 6.10 Å². The maximum atomic E-state index is 12.8. The van der Waals surface area contributed by atoms with Gasteiger partial charge < -0.3 is 14.2 Å². The molecule has 6 nitrogen and oxygen atoms in total. The van der Waals surface area contributed by atoms with Crippen LogP contribution in [0.4, 0.5) is 0 Å². The fourth-order valence-electron chi connectivity index (χ4n) is 7.46. The lowest BCUT2D eigenvalue weighted by molar-refractivity contribution is -0.167. The standard InChI is InChI=1S/C50H96O6/c1-6-7-8-9-10-11-12-13-14-15-16-17-20-26-32-37-42-50(53)56-47(44-55-49(52)41-36-31-27-22-24-29-34-39-46(4)5)43-54-48(51)40-35-30-25-21-18-19-23-28-33-38-45(2)3/h45-47H,6-44H2,1-5H3/t47-/m0/s1. The molecular weight excluding hydrogens is 697 g/mol. The summed E-state index contributed by atoms with van der Waals surface area (Å²) in [6, 6.07) is 0. The highest BCUT2D eigenvalue weighted by Gasteiger charge is 2.19. The normalized spacial score (nSPS) is 12.1. The molecule has 0 radical (unpaired) electrons. The van der Waals surface area contributed by atoms with E-state index < -0.39 is 6.10 Å². The Morgan fingerprint density at radius 3 is 0.875 bits per heavy atom. The number of esters is 3. The second-order valence-corrected chi connectivity index (χ2v) is 18.1. The number of rotatable bonds is 44. The van der Waals surface area contributed by atoms with Gasteiger partial charge in [0.25, 0.3) is 0 Å². The molecule has 0 N–H and O–H groups in total. The van der Waals surface area contributed by atoms with Gasteiger partial charge in [-0.05, 0) is 31.1 Å². The zero-order chi connectivity index (χ0) is 41.2. The van der Waals surface area contributed by atoms with Crippen LogP contribution >= 0.6 is 0 Å². The smallest absolute Gasteiger partial charge is 0.306 e. The molecule has 0 spiro atoms. The van der Waals surface area contributed by atoms with Crippen LogP contribution < -0.4 is 0 Å². The highest BCUT2D eigenvalue weighted by atomic mass is 16.6. The van der Waals surface area contributed by atoms with Crippen LogP contribution in [0, 0.1) is 11.8 Å². The topological polar surface area (TPSA) is 78.9 Å². The molecule has 0 aliphatic rings.